The Bertz CT molecular complexity index is 671. The van der Waals surface area contributed by atoms with Gasteiger partial charge in [-0.2, -0.15) is 17.0 Å². The Balaban J connectivity index is 2.00. The van der Waals surface area contributed by atoms with Gasteiger partial charge in [0.05, 0.1) is 12.0 Å². The minimum absolute atomic E-state index is 0.0817. The van der Waals surface area contributed by atoms with Crippen LogP contribution in [-0.2, 0) is 15.0 Å². The van der Waals surface area contributed by atoms with Crippen LogP contribution in [0.5, 0.6) is 0 Å². The maximum absolute atomic E-state index is 12.5. The molecule has 2 atom stereocenters. The smallest absolute Gasteiger partial charge is 0.281 e. The lowest BCUT2D eigenvalue weighted by atomic mass is 9.97. The fourth-order valence-corrected chi connectivity index (χ4v) is 4.06. The molecule has 7 heteroatoms. The van der Waals surface area contributed by atoms with Gasteiger partial charge in [-0.05, 0) is 32.3 Å². The Morgan fingerprint density at radius 1 is 1.29 bits per heavy atom. The van der Waals surface area contributed by atoms with E-state index in [9.17, 15) is 13.2 Å². The van der Waals surface area contributed by atoms with Gasteiger partial charge in [0.15, 0.2) is 0 Å². The molecule has 134 valence electrons. The highest BCUT2D eigenvalue weighted by Gasteiger charge is 2.33. The summed E-state index contributed by atoms with van der Waals surface area (Å²) in [5.74, 6) is -0.386. The second-order valence-electron chi connectivity index (χ2n) is 6.63. The monoisotopic (exact) mass is 353 g/mol. The van der Waals surface area contributed by atoms with Gasteiger partial charge in [-0.15, -0.1) is 0 Å². The molecule has 24 heavy (non-hydrogen) atoms. The molecule has 1 aliphatic rings. The van der Waals surface area contributed by atoms with Crippen molar-refractivity contribution in [1.82, 2.24) is 13.9 Å². The summed E-state index contributed by atoms with van der Waals surface area (Å²) in [5.41, 5.74) is 2.22. The number of hydrogen-bond donors (Lipinski definition) is 1. The molecular weight excluding hydrogens is 326 g/mol. The Morgan fingerprint density at radius 2 is 1.92 bits per heavy atom. The second kappa shape index (κ2) is 7.63. The van der Waals surface area contributed by atoms with E-state index in [0.29, 0.717) is 19.4 Å². The van der Waals surface area contributed by atoms with E-state index in [2.05, 4.69) is 5.32 Å². The first kappa shape index (κ1) is 18.9. The third-order valence-electron chi connectivity index (χ3n) is 4.48. The number of amides is 1. The van der Waals surface area contributed by atoms with Crippen LogP contribution in [0.4, 0.5) is 0 Å². The Labute approximate surface area is 145 Å². The topological polar surface area (TPSA) is 69.7 Å². The minimum atomic E-state index is -3.47. The number of rotatable bonds is 5. The van der Waals surface area contributed by atoms with Gasteiger partial charge in [0.25, 0.3) is 10.2 Å². The summed E-state index contributed by atoms with van der Waals surface area (Å²) in [6.07, 6.45) is 1.41. The summed E-state index contributed by atoms with van der Waals surface area (Å²) in [5, 5.41) is 3.01. The quantitative estimate of drug-likeness (QED) is 0.876. The summed E-state index contributed by atoms with van der Waals surface area (Å²) < 4.78 is 27.1. The zero-order chi connectivity index (χ0) is 17.9. The lowest BCUT2D eigenvalue weighted by molar-refractivity contribution is -0.126. The molecule has 1 aromatic rings. The van der Waals surface area contributed by atoms with Gasteiger partial charge in [0.1, 0.15) is 0 Å². The van der Waals surface area contributed by atoms with Gasteiger partial charge in [-0.1, -0.05) is 29.8 Å². The molecule has 1 aromatic carbocycles. The third-order valence-corrected chi connectivity index (χ3v) is 6.39. The van der Waals surface area contributed by atoms with Crippen LogP contribution in [0.1, 0.15) is 36.9 Å². The van der Waals surface area contributed by atoms with E-state index in [-0.39, 0.29) is 24.4 Å². The zero-order valence-corrected chi connectivity index (χ0v) is 15.6. The summed E-state index contributed by atoms with van der Waals surface area (Å²) >= 11 is 0. The lowest BCUT2D eigenvalue weighted by Crippen LogP contribution is -2.49. The summed E-state index contributed by atoms with van der Waals surface area (Å²) in [6, 6.07) is 7.95. The average Bonchev–Trinajstić information content (AvgIpc) is 2.55. The molecule has 0 spiro atoms. The highest BCUT2D eigenvalue weighted by molar-refractivity contribution is 7.86. The van der Waals surface area contributed by atoms with Crippen LogP contribution in [-0.4, -0.2) is 50.1 Å². The van der Waals surface area contributed by atoms with Crippen molar-refractivity contribution in [3.63, 3.8) is 0 Å². The molecule has 0 unspecified atom stereocenters. The van der Waals surface area contributed by atoms with Crippen molar-refractivity contribution in [3.05, 3.63) is 35.4 Å². The molecule has 0 radical (unpaired) electrons. The molecule has 1 fully saturated rings. The number of nitrogens with zero attached hydrogens (tertiary/aromatic N) is 2. The Morgan fingerprint density at radius 3 is 2.50 bits per heavy atom. The molecule has 0 aromatic heterocycles. The largest absolute Gasteiger partial charge is 0.349 e. The van der Waals surface area contributed by atoms with Gasteiger partial charge >= 0.3 is 0 Å². The number of piperidine rings is 1. The van der Waals surface area contributed by atoms with E-state index >= 15 is 0 Å². The van der Waals surface area contributed by atoms with Gasteiger partial charge in [0.2, 0.25) is 5.91 Å². The molecule has 1 amide bonds. The zero-order valence-electron chi connectivity index (χ0n) is 14.8. The predicted molar refractivity (Wildman–Crippen MR) is 94.6 cm³/mol. The number of aryl methyl sites for hydroxylation is 1. The van der Waals surface area contributed by atoms with Crippen molar-refractivity contribution >= 4 is 16.1 Å². The highest BCUT2D eigenvalue weighted by atomic mass is 32.2. The SMILES string of the molecule is Cc1ccc([C@@H](C)NC(=O)[C@@H]2CCCN(S(=O)(=O)N(C)C)C2)cc1. The predicted octanol–water partition coefficient (Wildman–Crippen LogP) is 1.69. The van der Waals surface area contributed by atoms with Crippen molar-refractivity contribution in [2.24, 2.45) is 5.92 Å². The van der Waals surface area contributed by atoms with E-state index in [0.717, 1.165) is 5.56 Å². The van der Waals surface area contributed by atoms with E-state index in [1.54, 1.807) is 0 Å². The number of carbonyl (C=O) groups excluding carboxylic acids is 1. The molecule has 0 aliphatic carbocycles. The van der Waals surface area contributed by atoms with E-state index in [1.165, 1.54) is 28.3 Å². The van der Waals surface area contributed by atoms with Crippen LogP contribution in [0.15, 0.2) is 24.3 Å². The molecular formula is C17H27N3O3S. The summed E-state index contributed by atoms with van der Waals surface area (Å²) in [4.78, 5) is 12.5. The highest BCUT2D eigenvalue weighted by Crippen LogP contribution is 2.22. The van der Waals surface area contributed by atoms with Crippen LogP contribution < -0.4 is 5.32 Å². The summed E-state index contributed by atoms with van der Waals surface area (Å²) in [7, 11) is -0.440. The molecule has 1 saturated heterocycles. The van der Waals surface area contributed by atoms with Gasteiger partial charge < -0.3 is 5.32 Å². The number of nitrogens with one attached hydrogen (secondary N) is 1. The Hall–Kier alpha value is -1.44. The number of hydrogen-bond acceptors (Lipinski definition) is 3. The number of carbonyl (C=O) groups is 1. The van der Waals surface area contributed by atoms with Crippen LogP contribution in [0, 0.1) is 12.8 Å². The Kier molecular flexibility index (Phi) is 6.01. The van der Waals surface area contributed by atoms with E-state index in [1.807, 2.05) is 38.1 Å². The van der Waals surface area contributed by atoms with Crippen molar-refractivity contribution < 1.29 is 13.2 Å². The molecule has 1 heterocycles. The van der Waals surface area contributed by atoms with Crippen LogP contribution in [0.3, 0.4) is 0 Å². The average molecular weight is 353 g/mol. The van der Waals surface area contributed by atoms with Crippen LogP contribution in [0.25, 0.3) is 0 Å². The van der Waals surface area contributed by atoms with Crippen LogP contribution >= 0.6 is 0 Å². The molecule has 1 aliphatic heterocycles. The van der Waals surface area contributed by atoms with Crippen LogP contribution in [0.2, 0.25) is 0 Å². The van der Waals surface area contributed by atoms with Crippen molar-refractivity contribution in [2.75, 3.05) is 27.2 Å². The standard InChI is InChI=1S/C17H27N3O3S/c1-13-7-9-15(10-8-13)14(2)18-17(21)16-6-5-11-20(12-16)24(22,23)19(3)4/h7-10,14,16H,5-6,11-12H2,1-4H3,(H,18,21)/t14-,16-/m1/s1. The van der Waals surface area contributed by atoms with Gasteiger partial charge in [0, 0.05) is 27.2 Å². The van der Waals surface area contributed by atoms with Crippen molar-refractivity contribution in [3.8, 4) is 0 Å². The fraction of sp³-hybridized carbons (Fsp3) is 0.588. The maximum atomic E-state index is 12.5. The van der Waals surface area contributed by atoms with Crippen molar-refractivity contribution in [2.45, 2.75) is 32.7 Å². The van der Waals surface area contributed by atoms with E-state index in [4.69, 9.17) is 0 Å². The molecule has 1 N–H and O–H groups in total. The number of benzene rings is 1. The molecule has 2 rings (SSSR count). The fourth-order valence-electron chi connectivity index (χ4n) is 2.87. The maximum Gasteiger partial charge on any atom is 0.281 e. The minimum Gasteiger partial charge on any atom is -0.349 e. The first-order valence-corrected chi connectivity index (χ1v) is 9.66. The first-order valence-electron chi connectivity index (χ1n) is 8.26. The normalized spacial score (nSPS) is 20.8. The van der Waals surface area contributed by atoms with E-state index < -0.39 is 10.2 Å². The van der Waals surface area contributed by atoms with Gasteiger partial charge in [-0.3, -0.25) is 4.79 Å². The van der Waals surface area contributed by atoms with Gasteiger partial charge in [-0.25, -0.2) is 0 Å². The molecule has 0 bridgehead atoms. The molecule has 6 nitrogen and oxygen atoms in total. The summed E-state index contributed by atoms with van der Waals surface area (Å²) in [6.45, 7) is 4.68. The lowest BCUT2D eigenvalue weighted by Gasteiger charge is -2.33. The van der Waals surface area contributed by atoms with Crippen molar-refractivity contribution in [1.29, 1.82) is 0 Å². The first-order chi connectivity index (χ1) is 11.2. The third kappa shape index (κ3) is 4.34. The second-order valence-corrected chi connectivity index (χ2v) is 8.77. The molecule has 0 saturated carbocycles.